The number of methoxy groups -OCH3 is 1. The van der Waals surface area contributed by atoms with Gasteiger partial charge in [-0.3, -0.25) is 0 Å². The Morgan fingerprint density at radius 3 is 2.31 bits per heavy atom. The van der Waals surface area contributed by atoms with Crippen LogP contribution in [0.4, 0.5) is 0 Å². The lowest BCUT2D eigenvalue weighted by molar-refractivity contribution is 0.414. The number of ether oxygens (including phenoxy) is 1. The summed E-state index contributed by atoms with van der Waals surface area (Å²) in [5, 5.41) is 0. The van der Waals surface area contributed by atoms with Crippen molar-refractivity contribution in [2.24, 2.45) is 7.05 Å². The molecular formula is C12H13NO2S. The first-order chi connectivity index (χ1) is 7.70. The Labute approximate surface area is 97.1 Å². The molecule has 0 saturated carbocycles. The Morgan fingerprint density at radius 1 is 1.12 bits per heavy atom. The second kappa shape index (κ2) is 4.53. The van der Waals surface area contributed by atoms with Gasteiger partial charge in [0.15, 0.2) is 0 Å². The lowest BCUT2D eigenvalue weighted by Crippen LogP contribution is -1.91. The van der Waals surface area contributed by atoms with Gasteiger partial charge < -0.3 is 9.30 Å². The number of rotatable bonds is 3. The molecule has 1 unspecified atom stereocenters. The van der Waals surface area contributed by atoms with Gasteiger partial charge >= 0.3 is 0 Å². The monoisotopic (exact) mass is 235 g/mol. The highest BCUT2D eigenvalue weighted by molar-refractivity contribution is 7.85. The largest absolute Gasteiger partial charge is 0.497 e. The van der Waals surface area contributed by atoms with E-state index in [-0.39, 0.29) is 0 Å². The minimum Gasteiger partial charge on any atom is -0.497 e. The molecule has 0 aliphatic carbocycles. The van der Waals surface area contributed by atoms with Crippen LogP contribution in [0.3, 0.4) is 0 Å². The summed E-state index contributed by atoms with van der Waals surface area (Å²) in [6.07, 6.45) is 3.75. The van der Waals surface area contributed by atoms with Crippen LogP contribution in [0.5, 0.6) is 5.75 Å². The Hall–Kier alpha value is -1.55. The maximum atomic E-state index is 12.1. The van der Waals surface area contributed by atoms with E-state index in [1.54, 1.807) is 7.11 Å². The summed E-state index contributed by atoms with van der Waals surface area (Å²) in [4.78, 5) is 1.60. The van der Waals surface area contributed by atoms with Gasteiger partial charge in [0.2, 0.25) is 0 Å². The fourth-order valence-electron chi connectivity index (χ4n) is 1.42. The highest BCUT2D eigenvalue weighted by Gasteiger charge is 2.07. The maximum absolute atomic E-state index is 12.1. The molecule has 3 nitrogen and oxygen atoms in total. The van der Waals surface area contributed by atoms with Gasteiger partial charge in [0, 0.05) is 24.3 Å². The minimum absolute atomic E-state index is 0.772. The molecule has 1 atom stereocenters. The van der Waals surface area contributed by atoms with Crippen molar-refractivity contribution >= 4 is 10.8 Å². The summed E-state index contributed by atoms with van der Waals surface area (Å²) in [5.74, 6) is 0.772. The first kappa shape index (κ1) is 11.0. The third kappa shape index (κ3) is 2.17. The lowest BCUT2D eigenvalue weighted by Gasteiger charge is -2.02. The number of aryl methyl sites for hydroxylation is 1. The fourth-order valence-corrected chi connectivity index (χ4v) is 2.52. The van der Waals surface area contributed by atoms with Crippen molar-refractivity contribution in [1.82, 2.24) is 4.57 Å². The van der Waals surface area contributed by atoms with Crippen LogP contribution in [-0.4, -0.2) is 15.9 Å². The molecular weight excluding hydrogens is 222 g/mol. The van der Waals surface area contributed by atoms with Crippen molar-refractivity contribution < 1.29 is 8.95 Å². The maximum Gasteiger partial charge on any atom is 0.118 e. The third-order valence-corrected chi connectivity index (χ3v) is 3.66. The van der Waals surface area contributed by atoms with Gasteiger partial charge in [-0.1, -0.05) is 0 Å². The molecule has 0 fully saturated rings. The van der Waals surface area contributed by atoms with E-state index in [1.807, 2.05) is 54.3 Å². The van der Waals surface area contributed by atoms with E-state index in [9.17, 15) is 4.21 Å². The summed E-state index contributed by atoms with van der Waals surface area (Å²) in [5.41, 5.74) is 0. The molecule has 0 radical (unpaired) electrons. The van der Waals surface area contributed by atoms with Gasteiger partial charge in [0.25, 0.3) is 0 Å². The van der Waals surface area contributed by atoms with E-state index in [0.29, 0.717) is 0 Å². The molecule has 1 heterocycles. The Kier molecular flexibility index (Phi) is 3.10. The molecule has 2 rings (SSSR count). The average Bonchev–Trinajstić information content (AvgIpc) is 2.75. The zero-order chi connectivity index (χ0) is 11.5. The summed E-state index contributed by atoms with van der Waals surface area (Å²) in [6, 6.07) is 9.14. The first-order valence-electron chi connectivity index (χ1n) is 4.88. The van der Waals surface area contributed by atoms with Gasteiger partial charge in [0.1, 0.15) is 5.75 Å². The fraction of sp³-hybridized carbons (Fsp3) is 0.167. The van der Waals surface area contributed by atoms with Crippen LogP contribution >= 0.6 is 0 Å². The SMILES string of the molecule is COc1ccc(S(=O)c2ccn(C)c2)cc1. The highest BCUT2D eigenvalue weighted by Crippen LogP contribution is 2.19. The Balaban J connectivity index is 2.27. The van der Waals surface area contributed by atoms with E-state index in [4.69, 9.17) is 4.74 Å². The van der Waals surface area contributed by atoms with Crippen LogP contribution in [0.15, 0.2) is 52.5 Å². The Morgan fingerprint density at radius 2 is 1.81 bits per heavy atom. The van der Waals surface area contributed by atoms with Gasteiger partial charge in [-0.25, -0.2) is 4.21 Å². The van der Waals surface area contributed by atoms with Crippen molar-refractivity contribution in [2.75, 3.05) is 7.11 Å². The van der Waals surface area contributed by atoms with Crippen molar-refractivity contribution in [3.05, 3.63) is 42.7 Å². The normalized spacial score (nSPS) is 12.4. The van der Waals surface area contributed by atoms with Crippen molar-refractivity contribution in [2.45, 2.75) is 9.79 Å². The summed E-state index contributed by atoms with van der Waals surface area (Å²) < 4.78 is 19.1. The van der Waals surface area contributed by atoms with E-state index >= 15 is 0 Å². The van der Waals surface area contributed by atoms with E-state index in [2.05, 4.69) is 0 Å². The summed E-state index contributed by atoms with van der Waals surface area (Å²) in [7, 11) is 2.41. The molecule has 0 N–H and O–H groups in total. The van der Waals surface area contributed by atoms with Gasteiger partial charge in [0.05, 0.1) is 22.8 Å². The molecule has 16 heavy (non-hydrogen) atoms. The van der Waals surface area contributed by atoms with Crippen LogP contribution < -0.4 is 4.74 Å². The predicted octanol–water partition coefficient (Wildman–Crippen LogP) is 2.20. The number of benzene rings is 1. The van der Waals surface area contributed by atoms with Crippen molar-refractivity contribution in [3.8, 4) is 5.75 Å². The summed E-state index contributed by atoms with van der Waals surface area (Å²) in [6.45, 7) is 0. The molecule has 0 aliphatic heterocycles. The Bertz CT molecular complexity index is 502. The highest BCUT2D eigenvalue weighted by atomic mass is 32.2. The topological polar surface area (TPSA) is 31.2 Å². The van der Waals surface area contributed by atoms with Crippen LogP contribution in [0, 0.1) is 0 Å². The second-order valence-electron chi connectivity index (χ2n) is 3.46. The number of hydrogen-bond acceptors (Lipinski definition) is 2. The van der Waals surface area contributed by atoms with Gasteiger partial charge in [-0.05, 0) is 30.3 Å². The van der Waals surface area contributed by atoms with Crippen molar-refractivity contribution in [1.29, 1.82) is 0 Å². The molecule has 0 amide bonds. The molecule has 1 aromatic heterocycles. The molecule has 2 aromatic rings. The predicted molar refractivity (Wildman–Crippen MR) is 63.1 cm³/mol. The van der Waals surface area contributed by atoms with Crippen LogP contribution in [0.1, 0.15) is 0 Å². The molecule has 1 aromatic carbocycles. The van der Waals surface area contributed by atoms with Gasteiger partial charge in [-0.2, -0.15) is 0 Å². The molecule has 0 bridgehead atoms. The van der Waals surface area contributed by atoms with E-state index in [0.717, 1.165) is 15.5 Å². The smallest absolute Gasteiger partial charge is 0.118 e. The van der Waals surface area contributed by atoms with Crippen molar-refractivity contribution in [3.63, 3.8) is 0 Å². The first-order valence-corrected chi connectivity index (χ1v) is 6.03. The number of aromatic nitrogens is 1. The third-order valence-electron chi connectivity index (χ3n) is 2.29. The standard InChI is InChI=1S/C12H13NO2S/c1-13-8-7-12(9-13)16(14)11-5-3-10(15-2)4-6-11/h3-9H,1-2H3. The molecule has 0 saturated heterocycles. The van der Waals surface area contributed by atoms with E-state index < -0.39 is 10.8 Å². The quantitative estimate of drug-likeness (QED) is 0.816. The lowest BCUT2D eigenvalue weighted by atomic mass is 10.3. The van der Waals surface area contributed by atoms with Crippen LogP contribution in [0.25, 0.3) is 0 Å². The van der Waals surface area contributed by atoms with E-state index in [1.165, 1.54) is 0 Å². The van der Waals surface area contributed by atoms with Gasteiger partial charge in [-0.15, -0.1) is 0 Å². The van der Waals surface area contributed by atoms with Crippen LogP contribution in [-0.2, 0) is 17.8 Å². The zero-order valence-electron chi connectivity index (χ0n) is 9.21. The molecule has 0 aliphatic rings. The zero-order valence-corrected chi connectivity index (χ0v) is 10.0. The summed E-state index contributed by atoms with van der Waals surface area (Å²) >= 11 is 0. The minimum atomic E-state index is -1.11. The average molecular weight is 235 g/mol. The number of nitrogens with zero attached hydrogens (tertiary/aromatic N) is 1. The molecule has 0 spiro atoms. The second-order valence-corrected chi connectivity index (χ2v) is 4.94. The molecule has 4 heteroatoms. The van der Waals surface area contributed by atoms with Crippen LogP contribution in [0.2, 0.25) is 0 Å². The molecule has 84 valence electrons. The number of hydrogen-bond donors (Lipinski definition) is 0.